The third-order valence-electron chi connectivity index (χ3n) is 5.76. The highest BCUT2D eigenvalue weighted by Crippen LogP contribution is 2.36. The summed E-state index contributed by atoms with van der Waals surface area (Å²) in [5, 5.41) is 12.5. The summed E-state index contributed by atoms with van der Waals surface area (Å²) in [4.78, 5) is 21.3. The number of aryl methyl sites for hydroxylation is 1. The first kappa shape index (κ1) is 21.7. The van der Waals surface area contributed by atoms with Crippen molar-refractivity contribution in [3.05, 3.63) is 71.6 Å². The molecule has 34 heavy (non-hydrogen) atoms. The van der Waals surface area contributed by atoms with Crippen molar-refractivity contribution in [1.82, 2.24) is 30.0 Å². The van der Waals surface area contributed by atoms with Crippen molar-refractivity contribution in [2.24, 2.45) is 0 Å². The first-order valence-corrected chi connectivity index (χ1v) is 11.1. The van der Waals surface area contributed by atoms with E-state index in [1.165, 1.54) is 10.9 Å². The molecule has 2 aromatic carbocycles. The van der Waals surface area contributed by atoms with Gasteiger partial charge in [-0.15, -0.1) is 0 Å². The van der Waals surface area contributed by atoms with Crippen molar-refractivity contribution in [2.75, 3.05) is 13.2 Å². The molecule has 4 aromatic rings. The molecule has 0 saturated carbocycles. The Labute approximate surface area is 195 Å². The molecule has 0 unspecified atom stereocenters. The minimum absolute atomic E-state index is 0.0653. The van der Waals surface area contributed by atoms with Crippen LogP contribution < -0.4 is 4.74 Å². The predicted molar refractivity (Wildman–Crippen MR) is 120 cm³/mol. The zero-order chi connectivity index (χ0) is 23.7. The lowest BCUT2D eigenvalue weighted by Gasteiger charge is -2.23. The molecule has 174 valence electrons. The van der Waals surface area contributed by atoms with Gasteiger partial charge in [0.05, 0.1) is 41.9 Å². The highest BCUT2D eigenvalue weighted by Gasteiger charge is 2.35. The van der Waals surface area contributed by atoms with E-state index in [9.17, 15) is 9.18 Å². The number of carbonyl (C=O) groups is 1. The van der Waals surface area contributed by atoms with Gasteiger partial charge < -0.3 is 14.2 Å². The first-order chi connectivity index (χ1) is 16.6. The van der Waals surface area contributed by atoms with Crippen molar-refractivity contribution >= 4 is 5.91 Å². The molecule has 5 rings (SSSR count). The van der Waals surface area contributed by atoms with Crippen LogP contribution >= 0.6 is 0 Å². The number of rotatable bonds is 6. The van der Waals surface area contributed by atoms with Crippen LogP contribution in [0.2, 0.25) is 0 Å². The highest BCUT2D eigenvalue weighted by atomic mass is 19.1. The zero-order valence-electron chi connectivity index (χ0n) is 18.8. The summed E-state index contributed by atoms with van der Waals surface area (Å²) in [5.74, 6) is -0.0826. The normalized spacial score (nSPS) is 15.6. The monoisotopic (exact) mass is 462 g/mol. The van der Waals surface area contributed by atoms with Gasteiger partial charge in [-0.2, -0.15) is 20.0 Å². The average molecular weight is 462 g/mol. The summed E-state index contributed by atoms with van der Waals surface area (Å²) in [6.07, 6.45) is 4.62. The third kappa shape index (κ3) is 3.91. The standard InChI is InChI=1S/C24H23FN6O3/c1-3-33-21-17(6-4-7-18(21)25)23-28-22(29-34-23)19-8-5-13-30(19)24(32)16-10-9-15(2)14-20(16)31-26-11-12-27-31/h4,6-7,9-12,14,19H,3,5,8,13H2,1-2H3/t19-/m0/s1. The van der Waals surface area contributed by atoms with E-state index in [2.05, 4.69) is 20.3 Å². The molecule has 0 N–H and O–H groups in total. The van der Waals surface area contributed by atoms with Gasteiger partial charge >= 0.3 is 0 Å². The summed E-state index contributed by atoms with van der Waals surface area (Å²) in [7, 11) is 0. The Bertz CT molecular complexity index is 1320. The van der Waals surface area contributed by atoms with Crippen LogP contribution in [0.15, 0.2) is 53.3 Å². The molecular weight excluding hydrogens is 439 g/mol. The van der Waals surface area contributed by atoms with Crippen LogP contribution in [0.3, 0.4) is 0 Å². The fourth-order valence-corrected chi connectivity index (χ4v) is 4.21. The van der Waals surface area contributed by atoms with Crippen LogP contribution in [0.25, 0.3) is 17.1 Å². The van der Waals surface area contributed by atoms with E-state index in [1.54, 1.807) is 42.4 Å². The van der Waals surface area contributed by atoms with E-state index in [0.717, 1.165) is 12.0 Å². The number of benzene rings is 2. The molecule has 1 atom stereocenters. The lowest BCUT2D eigenvalue weighted by molar-refractivity contribution is 0.0728. The number of ether oxygens (including phenoxy) is 1. The predicted octanol–water partition coefficient (Wildman–Crippen LogP) is 4.14. The van der Waals surface area contributed by atoms with Gasteiger partial charge in [0.15, 0.2) is 17.4 Å². The Hall–Kier alpha value is -4.08. The number of hydrogen-bond acceptors (Lipinski definition) is 7. The molecule has 0 spiro atoms. The Morgan fingerprint density at radius 3 is 2.85 bits per heavy atom. The van der Waals surface area contributed by atoms with Crippen LogP contribution in [-0.4, -0.2) is 49.1 Å². The van der Waals surface area contributed by atoms with Crippen molar-refractivity contribution in [1.29, 1.82) is 0 Å². The lowest BCUT2D eigenvalue weighted by atomic mass is 10.1. The lowest BCUT2D eigenvalue weighted by Crippen LogP contribution is -2.32. The summed E-state index contributed by atoms with van der Waals surface area (Å²) in [5.41, 5.74) is 2.46. The van der Waals surface area contributed by atoms with Gasteiger partial charge in [0.1, 0.15) is 0 Å². The largest absolute Gasteiger partial charge is 0.490 e. The van der Waals surface area contributed by atoms with E-state index in [0.29, 0.717) is 42.2 Å². The van der Waals surface area contributed by atoms with Gasteiger partial charge in [-0.25, -0.2) is 4.39 Å². The number of amides is 1. The summed E-state index contributed by atoms with van der Waals surface area (Å²) >= 11 is 0. The van der Waals surface area contributed by atoms with Crippen molar-refractivity contribution in [3.8, 4) is 22.9 Å². The highest BCUT2D eigenvalue weighted by molar-refractivity contribution is 5.98. The topological polar surface area (TPSA) is 99.2 Å². The molecule has 1 aliphatic rings. The van der Waals surface area contributed by atoms with Gasteiger partial charge in [-0.1, -0.05) is 17.3 Å². The van der Waals surface area contributed by atoms with Gasteiger partial charge in [0.25, 0.3) is 11.8 Å². The number of nitrogens with zero attached hydrogens (tertiary/aromatic N) is 6. The van der Waals surface area contributed by atoms with Crippen LogP contribution in [0.4, 0.5) is 4.39 Å². The molecule has 9 nitrogen and oxygen atoms in total. The van der Waals surface area contributed by atoms with Gasteiger partial charge in [-0.3, -0.25) is 4.79 Å². The number of likely N-dealkylation sites (tertiary alicyclic amines) is 1. The Morgan fingerprint density at radius 1 is 1.24 bits per heavy atom. The fourth-order valence-electron chi connectivity index (χ4n) is 4.21. The van der Waals surface area contributed by atoms with E-state index >= 15 is 0 Å². The number of para-hydroxylation sites is 1. The second-order valence-corrected chi connectivity index (χ2v) is 8.00. The number of hydrogen-bond donors (Lipinski definition) is 0. The SMILES string of the molecule is CCOc1c(F)cccc1-c1nc([C@@H]2CCCN2C(=O)c2ccc(C)cc2-n2nccn2)no1. The number of carbonyl (C=O) groups excluding carboxylic acids is 1. The molecule has 2 aromatic heterocycles. The average Bonchev–Trinajstić information content (AvgIpc) is 3.61. The first-order valence-electron chi connectivity index (χ1n) is 11.1. The van der Waals surface area contributed by atoms with Gasteiger partial charge in [0.2, 0.25) is 0 Å². The molecule has 10 heteroatoms. The second kappa shape index (κ2) is 9.05. The smallest absolute Gasteiger partial charge is 0.261 e. The molecule has 1 amide bonds. The van der Waals surface area contributed by atoms with Gasteiger partial charge in [-0.05, 0) is 56.5 Å². The van der Waals surface area contributed by atoms with Crippen molar-refractivity contribution in [2.45, 2.75) is 32.7 Å². The number of aromatic nitrogens is 5. The third-order valence-corrected chi connectivity index (χ3v) is 5.76. The minimum atomic E-state index is -0.504. The fraction of sp³-hybridized carbons (Fsp3) is 0.292. The van der Waals surface area contributed by atoms with E-state index in [4.69, 9.17) is 9.26 Å². The minimum Gasteiger partial charge on any atom is -0.490 e. The van der Waals surface area contributed by atoms with E-state index in [-0.39, 0.29) is 23.6 Å². The molecule has 1 aliphatic heterocycles. The maximum absolute atomic E-state index is 14.3. The summed E-state index contributed by atoms with van der Waals surface area (Å²) in [6, 6.07) is 9.73. The van der Waals surface area contributed by atoms with E-state index in [1.807, 2.05) is 19.1 Å². The molecule has 1 fully saturated rings. The van der Waals surface area contributed by atoms with Gasteiger partial charge in [0, 0.05) is 6.54 Å². The van der Waals surface area contributed by atoms with Crippen LogP contribution in [0.5, 0.6) is 5.75 Å². The van der Waals surface area contributed by atoms with E-state index < -0.39 is 5.82 Å². The Kier molecular flexibility index (Phi) is 5.79. The summed E-state index contributed by atoms with van der Waals surface area (Å²) in [6.45, 7) is 4.57. The van der Waals surface area contributed by atoms with Crippen LogP contribution in [-0.2, 0) is 0 Å². The quantitative estimate of drug-likeness (QED) is 0.425. The molecule has 0 radical (unpaired) electrons. The molecule has 1 saturated heterocycles. The Morgan fingerprint density at radius 2 is 2.06 bits per heavy atom. The summed E-state index contributed by atoms with van der Waals surface area (Å²) < 4.78 is 25.2. The zero-order valence-corrected chi connectivity index (χ0v) is 18.8. The molecule has 0 aliphatic carbocycles. The Balaban J connectivity index is 1.46. The van der Waals surface area contributed by atoms with Crippen molar-refractivity contribution in [3.63, 3.8) is 0 Å². The molecule has 0 bridgehead atoms. The molecular formula is C24H23FN6O3. The number of halogens is 1. The maximum Gasteiger partial charge on any atom is 0.261 e. The van der Waals surface area contributed by atoms with Crippen molar-refractivity contribution < 1.29 is 18.4 Å². The maximum atomic E-state index is 14.3. The molecule has 3 heterocycles. The van der Waals surface area contributed by atoms with Crippen LogP contribution in [0, 0.1) is 12.7 Å². The van der Waals surface area contributed by atoms with Crippen LogP contribution in [0.1, 0.15) is 47.6 Å². The second-order valence-electron chi connectivity index (χ2n) is 8.00.